The van der Waals surface area contributed by atoms with Crippen LogP contribution in [0.15, 0.2) is 0 Å². The number of alkyl carbamates (subject to hydrolysis) is 1. The fraction of sp³-hybridized carbons (Fsp3) is 0.929. The van der Waals surface area contributed by atoms with Crippen LogP contribution in [0.1, 0.15) is 54.9 Å². The Labute approximate surface area is 111 Å². The first-order chi connectivity index (χ1) is 8.03. The second-order valence-corrected chi connectivity index (χ2v) is 6.62. The van der Waals surface area contributed by atoms with E-state index in [-0.39, 0.29) is 12.0 Å². The highest BCUT2D eigenvalue weighted by Gasteiger charge is 2.26. The zero-order chi connectivity index (χ0) is 14.5. The van der Waals surface area contributed by atoms with Crippen molar-refractivity contribution in [2.45, 2.75) is 72.6 Å². The van der Waals surface area contributed by atoms with Gasteiger partial charge in [0.2, 0.25) is 0 Å². The van der Waals surface area contributed by atoms with Crippen LogP contribution < -0.4 is 5.32 Å². The van der Waals surface area contributed by atoms with Crippen molar-refractivity contribution in [3.8, 4) is 0 Å². The SMILES string of the molecule is CC(C)C[C@H](NC(=O)OC(C)(C)C)C(O)C(C)C. The number of hydrogen-bond acceptors (Lipinski definition) is 3. The molecule has 0 fully saturated rings. The number of carbonyl (C=O) groups is 1. The second-order valence-electron chi connectivity index (χ2n) is 6.62. The normalized spacial score (nSPS) is 15.7. The van der Waals surface area contributed by atoms with Gasteiger partial charge in [-0.25, -0.2) is 4.79 Å². The predicted molar refractivity (Wildman–Crippen MR) is 73.5 cm³/mol. The smallest absolute Gasteiger partial charge is 0.407 e. The molecule has 2 N–H and O–H groups in total. The summed E-state index contributed by atoms with van der Waals surface area (Å²) >= 11 is 0. The van der Waals surface area contributed by atoms with Gasteiger partial charge in [-0.3, -0.25) is 0 Å². The van der Waals surface area contributed by atoms with Crippen molar-refractivity contribution in [1.82, 2.24) is 5.32 Å². The summed E-state index contributed by atoms with van der Waals surface area (Å²) < 4.78 is 5.22. The van der Waals surface area contributed by atoms with E-state index < -0.39 is 17.8 Å². The second kappa shape index (κ2) is 6.98. The number of aliphatic hydroxyl groups excluding tert-OH is 1. The van der Waals surface area contributed by atoms with Gasteiger partial charge in [0.15, 0.2) is 0 Å². The highest BCUT2D eigenvalue weighted by molar-refractivity contribution is 5.68. The van der Waals surface area contributed by atoms with Gasteiger partial charge in [-0.1, -0.05) is 27.7 Å². The lowest BCUT2D eigenvalue weighted by Crippen LogP contribution is -2.47. The number of rotatable bonds is 5. The Morgan fingerprint density at radius 2 is 1.72 bits per heavy atom. The quantitative estimate of drug-likeness (QED) is 0.798. The van der Waals surface area contributed by atoms with Gasteiger partial charge >= 0.3 is 6.09 Å². The number of ether oxygens (including phenoxy) is 1. The number of carbonyl (C=O) groups excluding carboxylic acids is 1. The summed E-state index contributed by atoms with van der Waals surface area (Å²) in [5, 5.41) is 12.9. The van der Waals surface area contributed by atoms with E-state index in [2.05, 4.69) is 19.2 Å². The summed E-state index contributed by atoms with van der Waals surface area (Å²) in [5.74, 6) is 0.502. The molecule has 1 unspecified atom stereocenters. The molecule has 0 radical (unpaired) electrons. The van der Waals surface area contributed by atoms with Crippen molar-refractivity contribution in [3.63, 3.8) is 0 Å². The molecule has 0 rings (SSSR count). The lowest BCUT2D eigenvalue weighted by molar-refractivity contribution is 0.0329. The van der Waals surface area contributed by atoms with Crippen LogP contribution in [0.3, 0.4) is 0 Å². The Morgan fingerprint density at radius 1 is 1.22 bits per heavy atom. The van der Waals surface area contributed by atoms with Gasteiger partial charge in [0, 0.05) is 0 Å². The predicted octanol–water partition coefficient (Wildman–Crippen LogP) is 2.94. The highest BCUT2D eigenvalue weighted by atomic mass is 16.6. The van der Waals surface area contributed by atoms with E-state index in [1.54, 1.807) is 0 Å². The van der Waals surface area contributed by atoms with Gasteiger partial charge in [0.1, 0.15) is 5.60 Å². The van der Waals surface area contributed by atoms with Crippen molar-refractivity contribution in [2.75, 3.05) is 0 Å². The fourth-order valence-electron chi connectivity index (χ4n) is 1.72. The third-order valence-electron chi connectivity index (χ3n) is 2.52. The number of hydrogen-bond donors (Lipinski definition) is 2. The van der Waals surface area contributed by atoms with Crippen LogP contribution >= 0.6 is 0 Å². The maximum Gasteiger partial charge on any atom is 0.407 e. The molecule has 0 aliphatic rings. The Hall–Kier alpha value is -0.770. The molecule has 1 amide bonds. The van der Waals surface area contributed by atoms with Gasteiger partial charge < -0.3 is 15.2 Å². The van der Waals surface area contributed by atoms with Crippen molar-refractivity contribution >= 4 is 6.09 Å². The molecule has 108 valence electrons. The average molecular weight is 259 g/mol. The molecule has 0 spiro atoms. The first-order valence-corrected chi connectivity index (χ1v) is 6.70. The molecule has 0 heterocycles. The Bertz CT molecular complexity index is 256. The first-order valence-electron chi connectivity index (χ1n) is 6.70. The molecule has 0 aliphatic heterocycles. The van der Waals surface area contributed by atoms with E-state index in [0.29, 0.717) is 5.92 Å². The topological polar surface area (TPSA) is 58.6 Å². The molecule has 0 aliphatic carbocycles. The zero-order valence-corrected chi connectivity index (χ0v) is 12.8. The van der Waals surface area contributed by atoms with E-state index in [1.165, 1.54) is 0 Å². The molecule has 0 aromatic carbocycles. The van der Waals surface area contributed by atoms with Crippen LogP contribution in [0, 0.1) is 11.8 Å². The molecule has 4 heteroatoms. The summed E-state index contributed by atoms with van der Waals surface area (Å²) in [7, 11) is 0. The van der Waals surface area contributed by atoms with E-state index in [0.717, 1.165) is 6.42 Å². The molecular formula is C14H29NO3. The molecule has 4 nitrogen and oxygen atoms in total. The average Bonchev–Trinajstić information content (AvgIpc) is 2.11. The first kappa shape index (κ1) is 17.2. The lowest BCUT2D eigenvalue weighted by atomic mass is 9.93. The highest BCUT2D eigenvalue weighted by Crippen LogP contribution is 2.15. The number of amides is 1. The molecule has 0 bridgehead atoms. The standard InChI is InChI=1S/C14H29NO3/c1-9(2)8-11(12(16)10(3)4)15-13(17)18-14(5,6)7/h9-12,16H,8H2,1-7H3,(H,15,17)/t11-,12?/m0/s1. The van der Waals surface area contributed by atoms with Crippen LogP contribution in [-0.4, -0.2) is 28.9 Å². The number of aliphatic hydroxyl groups is 1. The van der Waals surface area contributed by atoms with E-state index >= 15 is 0 Å². The maximum atomic E-state index is 11.7. The van der Waals surface area contributed by atoms with Crippen molar-refractivity contribution in [2.24, 2.45) is 11.8 Å². The molecule has 0 aromatic heterocycles. The summed E-state index contributed by atoms with van der Waals surface area (Å²) in [6.45, 7) is 13.5. The molecule has 2 atom stereocenters. The monoisotopic (exact) mass is 259 g/mol. The molecular weight excluding hydrogens is 230 g/mol. The van der Waals surface area contributed by atoms with Crippen LogP contribution in [-0.2, 0) is 4.74 Å². The van der Waals surface area contributed by atoms with E-state index in [9.17, 15) is 9.90 Å². The Balaban J connectivity index is 4.54. The van der Waals surface area contributed by atoms with Crippen LogP contribution in [0.5, 0.6) is 0 Å². The van der Waals surface area contributed by atoms with Gasteiger partial charge in [-0.15, -0.1) is 0 Å². The van der Waals surface area contributed by atoms with Crippen LogP contribution in [0.25, 0.3) is 0 Å². The van der Waals surface area contributed by atoms with E-state index in [4.69, 9.17) is 4.74 Å². The summed E-state index contributed by atoms with van der Waals surface area (Å²) in [5.41, 5.74) is -0.519. The Morgan fingerprint density at radius 3 is 2.06 bits per heavy atom. The lowest BCUT2D eigenvalue weighted by Gasteiger charge is -2.29. The fourth-order valence-corrected chi connectivity index (χ4v) is 1.72. The molecule has 0 saturated carbocycles. The van der Waals surface area contributed by atoms with Crippen LogP contribution in [0.2, 0.25) is 0 Å². The van der Waals surface area contributed by atoms with Crippen LogP contribution in [0.4, 0.5) is 4.79 Å². The molecule has 18 heavy (non-hydrogen) atoms. The maximum absolute atomic E-state index is 11.7. The Kier molecular flexibility index (Phi) is 6.68. The van der Waals surface area contributed by atoms with E-state index in [1.807, 2.05) is 34.6 Å². The largest absolute Gasteiger partial charge is 0.444 e. The zero-order valence-electron chi connectivity index (χ0n) is 12.8. The van der Waals surface area contributed by atoms with Gasteiger partial charge in [-0.2, -0.15) is 0 Å². The minimum absolute atomic E-state index is 0.101. The minimum Gasteiger partial charge on any atom is -0.444 e. The molecule has 0 saturated heterocycles. The summed E-state index contributed by atoms with van der Waals surface area (Å²) in [6.07, 6.45) is -0.286. The molecule has 0 aromatic rings. The minimum atomic E-state index is -0.556. The van der Waals surface area contributed by atoms with Crippen molar-refractivity contribution in [1.29, 1.82) is 0 Å². The van der Waals surface area contributed by atoms with Crippen molar-refractivity contribution < 1.29 is 14.6 Å². The third kappa shape index (κ3) is 7.54. The van der Waals surface area contributed by atoms with Gasteiger partial charge in [0.25, 0.3) is 0 Å². The number of nitrogens with one attached hydrogen (secondary N) is 1. The third-order valence-corrected chi connectivity index (χ3v) is 2.52. The van der Waals surface area contributed by atoms with Gasteiger partial charge in [-0.05, 0) is 39.0 Å². The summed E-state index contributed by atoms with van der Waals surface area (Å²) in [6, 6.07) is -0.264. The van der Waals surface area contributed by atoms with Crippen molar-refractivity contribution in [3.05, 3.63) is 0 Å². The van der Waals surface area contributed by atoms with Gasteiger partial charge in [0.05, 0.1) is 12.1 Å². The summed E-state index contributed by atoms with van der Waals surface area (Å²) in [4.78, 5) is 11.7.